The van der Waals surface area contributed by atoms with Crippen molar-refractivity contribution in [2.45, 2.75) is 20.8 Å². The molecular formula is C14H16N2. The van der Waals surface area contributed by atoms with Crippen molar-refractivity contribution >= 4 is 5.69 Å². The first-order valence-electron chi connectivity index (χ1n) is 5.37. The highest BCUT2D eigenvalue weighted by atomic mass is 14.7. The maximum absolute atomic E-state index is 5.87. The number of pyridine rings is 1. The molecule has 1 heterocycles. The van der Waals surface area contributed by atoms with Crippen LogP contribution in [0, 0.1) is 20.8 Å². The molecule has 0 bridgehead atoms. The van der Waals surface area contributed by atoms with Gasteiger partial charge in [0.1, 0.15) is 0 Å². The quantitative estimate of drug-likeness (QED) is 0.788. The lowest BCUT2D eigenvalue weighted by molar-refractivity contribution is 1.21. The normalized spacial score (nSPS) is 10.4. The van der Waals surface area contributed by atoms with Gasteiger partial charge in [-0.3, -0.25) is 4.98 Å². The van der Waals surface area contributed by atoms with Crippen LogP contribution in [0.25, 0.3) is 11.1 Å². The number of aryl methyl sites for hydroxylation is 3. The number of rotatable bonds is 1. The molecule has 2 N–H and O–H groups in total. The van der Waals surface area contributed by atoms with Crippen molar-refractivity contribution in [2.24, 2.45) is 0 Å². The lowest BCUT2D eigenvalue weighted by Crippen LogP contribution is -1.93. The van der Waals surface area contributed by atoms with Gasteiger partial charge < -0.3 is 5.73 Å². The average molecular weight is 212 g/mol. The molecule has 0 atom stereocenters. The minimum atomic E-state index is 0.747. The van der Waals surface area contributed by atoms with E-state index in [1.165, 1.54) is 16.7 Å². The predicted molar refractivity (Wildman–Crippen MR) is 68.3 cm³/mol. The third kappa shape index (κ3) is 2.06. The van der Waals surface area contributed by atoms with Gasteiger partial charge in [-0.05, 0) is 32.4 Å². The van der Waals surface area contributed by atoms with Crippen LogP contribution in [0.3, 0.4) is 0 Å². The zero-order valence-corrected chi connectivity index (χ0v) is 9.91. The van der Waals surface area contributed by atoms with Gasteiger partial charge in [0.05, 0.1) is 11.4 Å². The second-order valence-corrected chi connectivity index (χ2v) is 4.28. The molecule has 0 unspecified atom stereocenters. The summed E-state index contributed by atoms with van der Waals surface area (Å²) in [6.07, 6.45) is 1.87. The average Bonchev–Trinajstić information content (AvgIpc) is 2.20. The van der Waals surface area contributed by atoms with Crippen molar-refractivity contribution in [3.63, 3.8) is 0 Å². The number of hydrogen-bond acceptors (Lipinski definition) is 2. The maximum Gasteiger partial charge on any atom is 0.0602 e. The van der Waals surface area contributed by atoms with E-state index in [0.29, 0.717) is 0 Å². The fourth-order valence-electron chi connectivity index (χ4n) is 1.85. The molecular weight excluding hydrogens is 196 g/mol. The van der Waals surface area contributed by atoms with Gasteiger partial charge >= 0.3 is 0 Å². The Morgan fingerprint density at radius 1 is 0.875 bits per heavy atom. The molecule has 0 fully saturated rings. The van der Waals surface area contributed by atoms with Crippen LogP contribution in [0.2, 0.25) is 0 Å². The molecule has 2 nitrogen and oxygen atoms in total. The number of benzene rings is 1. The molecule has 0 spiro atoms. The molecule has 2 heteroatoms. The van der Waals surface area contributed by atoms with Gasteiger partial charge in [0, 0.05) is 11.8 Å². The Balaban J connectivity index is 2.54. The highest BCUT2D eigenvalue weighted by Gasteiger charge is 2.02. The summed E-state index contributed by atoms with van der Waals surface area (Å²) in [5, 5.41) is 0. The third-order valence-corrected chi connectivity index (χ3v) is 2.68. The Kier molecular flexibility index (Phi) is 2.65. The molecule has 0 aliphatic rings. The largest absolute Gasteiger partial charge is 0.397 e. The number of aromatic nitrogens is 1. The van der Waals surface area contributed by atoms with E-state index in [1.807, 2.05) is 19.2 Å². The van der Waals surface area contributed by atoms with E-state index >= 15 is 0 Å². The molecule has 16 heavy (non-hydrogen) atoms. The third-order valence-electron chi connectivity index (χ3n) is 2.68. The highest BCUT2D eigenvalue weighted by Crippen LogP contribution is 2.24. The summed E-state index contributed by atoms with van der Waals surface area (Å²) in [6, 6.07) is 8.45. The zero-order chi connectivity index (χ0) is 11.7. The number of anilines is 1. The monoisotopic (exact) mass is 212 g/mol. The first-order valence-corrected chi connectivity index (χ1v) is 5.37. The second-order valence-electron chi connectivity index (χ2n) is 4.28. The van der Waals surface area contributed by atoms with Gasteiger partial charge in [-0.15, -0.1) is 0 Å². The Morgan fingerprint density at radius 2 is 1.50 bits per heavy atom. The van der Waals surface area contributed by atoms with Crippen LogP contribution in [-0.2, 0) is 0 Å². The smallest absolute Gasteiger partial charge is 0.0602 e. The van der Waals surface area contributed by atoms with Crippen LogP contribution < -0.4 is 5.73 Å². The van der Waals surface area contributed by atoms with Gasteiger partial charge in [0.25, 0.3) is 0 Å². The fourth-order valence-corrected chi connectivity index (χ4v) is 1.85. The molecule has 0 saturated heterocycles. The lowest BCUT2D eigenvalue weighted by Gasteiger charge is -2.07. The molecule has 0 radical (unpaired) electrons. The van der Waals surface area contributed by atoms with E-state index in [9.17, 15) is 0 Å². The molecule has 1 aromatic heterocycles. The van der Waals surface area contributed by atoms with E-state index in [-0.39, 0.29) is 0 Å². The minimum absolute atomic E-state index is 0.747. The lowest BCUT2D eigenvalue weighted by atomic mass is 10.0. The maximum atomic E-state index is 5.87. The SMILES string of the molecule is Cc1cc(C)cc(-c2cnc(C)c(N)c2)c1. The molecule has 0 aliphatic carbocycles. The number of hydrogen-bond donors (Lipinski definition) is 1. The summed E-state index contributed by atoms with van der Waals surface area (Å²) in [6.45, 7) is 6.11. The zero-order valence-electron chi connectivity index (χ0n) is 9.91. The van der Waals surface area contributed by atoms with Gasteiger partial charge in [-0.2, -0.15) is 0 Å². The van der Waals surface area contributed by atoms with Crippen molar-refractivity contribution in [1.82, 2.24) is 4.98 Å². The highest BCUT2D eigenvalue weighted by molar-refractivity contribution is 5.68. The summed E-state index contributed by atoms with van der Waals surface area (Å²) in [4.78, 5) is 4.29. The van der Waals surface area contributed by atoms with E-state index in [4.69, 9.17) is 5.73 Å². The van der Waals surface area contributed by atoms with Crippen LogP contribution in [0.1, 0.15) is 16.8 Å². The van der Waals surface area contributed by atoms with Gasteiger partial charge in [0.15, 0.2) is 0 Å². The first kappa shape index (κ1) is 10.7. The Morgan fingerprint density at radius 3 is 2.06 bits per heavy atom. The van der Waals surface area contributed by atoms with Crippen LogP contribution in [0.15, 0.2) is 30.5 Å². The summed E-state index contributed by atoms with van der Waals surface area (Å²) in [5.41, 5.74) is 12.3. The summed E-state index contributed by atoms with van der Waals surface area (Å²) >= 11 is 0. The molecule has 0 amide bonds. The summed E-state index contributed by atoms with van der Waals surface area (Å²) < 4.78 is 0. The molecule has 82 valence electrons. The van der Waals surface area contributed by atoms with Gasteiger partial charge in [-0.1, -0.05) is 29.3 Å². The summed E-state index contributed by atoms with van der Waals surface area (Å²) in [5.74, 6) is 0. The standard InChI is InChI=1S/C14H16N2/c1-9-4-10(2)6-12(5-9)13-7-14(15)11(3)16-8-13/h4-8H,15H2,1-3H3. The fraction of sp³-hybridized carbons (Fsp3) is 0.214. The molecule has 2 aromatic rings. The van der Waals surface area contributed by atoms with Crippen LogP contribution in [0.4, 0.5) is 5.69 Å². The Bertz CT molecular complexity index is 510. The van der Waals surface area contributed by atoms with Gasteiger partial charge in [0.2, 0.25) is 0 Å². The Hall–Kier alpha value is -1.83. The van der Waals surface area contributed by atoms with Crippen molar-refractivity contribution in [3.05, 3.63) is 47.3 Å². The van der Waals surface area contributed by atoms with Crippen molar-refractivity contribution in [2.75, 3.05) is 5.73 Å². The predicted octanol–water partition coefficient (Wildman–Crippen LogP) is 3.26. The topological polar surface area (TPSA) is 38.9 Å². The number of nitrogens with zero attached hydrogens (tertiary/aromatic N) is 1. The van der Waals surface area contributed by atoms with Gasteiger partial charge in [-0.25, -0.2) is 0 Å². The summed E-state index contributed by atoms with van der Waals surface area (Å²) in [7, 11) is 0. The number of nitrogens with two attached hydrogens (primary N) is 1. The van der Waals surface area contributed by atoms with Crippen molar-refractivity contribution in [1.29, 1.82) is 0 Å². The molecule has 0 aliphatic heterocycles. The van der Waals surface area contributed by atoms with E-state index in [2.05, 4.69) is 37.0 Å². The van der Waals surface area contributed by atoms with E-state index in [1.54, 1.807) is 0 Å². The molecule has 0 saturated carbocycles. The molecule has 2 rings (SSSR count). The first-order chi connectivity index (χ1) is 7.56. The van der Waals surface area contributed by atoms with Crippen LogP contribution in [-0.4, -0.2) is 4.98 Å². The number of nitrogen functional groups attached to an aromatic ring is 1. The minimum Gasteiger partial charge on any atom is -0.397 e. The van der Waals surface area contributed by atoms with Crippen LogP contribution in [0.5, 0.6) is 0 Å². The van der Waals surface area contributed by atoms with Crippen LogP contribution >= 0.6 is 0 Å². The second kappa shape index (κ2) is 3.97. The van der Waals surface area contributed by atoms with Crippen molar-refractivity contribution in [3.8, 4) is 11.1 Å². The van der Waals surface area contributed by atoms with E-state index < -0.39 is 0 Å². The van der Waals surface area contributed by atoms with E-state index in [0.717, 1.165) is 16.9 Å². The van der Waals surface area contributed by atoms with Crippen molar-refractivity contribution < 1.29 is 0 Å². The molecule has 1 aromatic carbocycles. The Labute approximate surface area is 96.1 Å².